The van der Waals surface area contributed by atoms with E-state index in [9.17, 15) is 4.79 Å². The lowest BCUT2D eigenvalue weighted by atomic mass is 9.96. The first kappa shape index (κ1) is 11.1. The normalized spacial score (nSPS) is 17.4. The largest absolute Gasteiger partial charge is 0.369 e. The molecule has 5 nitrogen and oxygen atoms in total. The maximum Gasteiger partial charge on any atom is 0.224 e. The fourth-order valence-corrected chi connectivity index (χ4v) is 2.04. The maximum absolute atomic E-state index is 11.0. The van der Waals surface area contributed by atoms with E-state index in [-0.39, 0.29) is 17.1 Å². The van der Waals surface area contributed by atoms with E-state index >= 15 is 0 Å². The second-order valence-electron chi connectivity index (χ2n) is 3.85. The van der Waals surface area contributed by atoms with E-state index in [1.54, 1.807) is 6.20 Å². The number of nitrogens with zero attached hydrogens (tertiary/aromatic N) is 3. The first-order valence-corrected chi connectivity index (χ1v) is 5.57. The molecule has 0 radical (unpaired) electrons. The molecule has 1 aliphatic heterocycles. The van der Waals surface area contributed by atoms with Gasteiger partial charge in [-0.3, -0.25) is 4.79 Å². The van der Waals surface area contributed by atoms with Crippen molar-refractivity contribution < 1.29 is 4.79 Å². The van der Waals surface area contributed by atoms with Crippen LogP contribution < -0.4 is 10.6 Å². The Bertz CT molecular complexity index is 390. The van der Waals surface area contributed by atoms with E-state index in [4.69, 9.17) is 17.3 Å². The molecule has 0 bridgehead atoms. The second kappa shape index (κ2) is 4.65. The van der Waals surface area contributed by atoms with Crippen molar-refractivity contribution in [1.82, 2.24) is 9.97 Å². The molecule has 1 saturated heterocycles. The van der Waals surface area contributed by atoms with Crippen LogP contribution in [0.15, 0.2) is 12.3 Å². The number of hydrogen-bond acceptors (Lipinski definition) is 4. The molecule has 1 amide bonds. The zero-order valence-corrected chi connectivity index (χ0v) is 9.52. The van der Waals surface area contributed by atoms with Gasteiger partial charge in [-0.2, -0.15) is 0 Å². The predicted molar refractivity (Wildman–Crippen MR) is 61.2 cm³/mol. The van der Waals surface area contributed by atoms with E-state index in [0.717, 1.165) is 31.7 Å². The molecule has 86 valence electrons. The lowest BCUT2D eigenvalue weighted by Gasteiger charge is -2.31. The molecule has 16 heavy (non-hydrogen) atoms. The fraction of sp³-hybridized carbons (Fsp3) is 0.500. The minimum atomic E-state index is -0.208. The summed E-state index contributed by atoms with van der Waals surface area (Å²) in [7, 11) is 0. The van der Waals surface area contributed by atoms with Crippen molar-refractivity contribution in [3.8, 4) is 0 Å². The van der Waals surface area contributed by atoms with Crippen molar-refractivity contribution >= 4 is 23.3 Å². The van der Waals surface area contributed by atoms with Crippen molar-refractivity contribution in [3.63, 3.8) is 0 Å². The van der Waals surface area contributed by atoms with Crippen LogP contribution in [0.5, 0.6) is 0 Å². The third-order valence-corrected chi connectivity index (χ3v) is 3.01. The van der Waals surface area contributed by atoms with Gasteiger partial charge < -0.3 is 10.6 Å². The molecule has 1 aromatic rings. The molecule has 0 atom stereocenters. The second-order valence-corrected chi connectivity index (χ2v) is 4.19. The quantitative estimate of drug-likeness (QED) is 0.778. The van der Waals surface area contributed by atoms with Crippen LogP contribution >= 0.6 is 11.6 Å². The molecule has 1 aromatic heterocycles. The van der Waals surface area contributed by atoms with Gasteiger partial charge in [-0.15, -0.1) is 0 Å². The van der Waals surface area contributed by atoms with E-state index in [2.05, 4.69) is 14.9 Å². The third-order valence-electron chi connectivity index (χ3n) is 2.83. The third kappa shape index (κ3) is 2.41. The van der Waals surface area contributed by atoms with Gasteiger partial charge in [0, 0.05) is 25.2 Å². The minimum absolute atomic E-state index is 0.00596. The van der Waals surface area contributed by atoms with Gasteiger partial charge in [-0.1, -0.05) is 0 Å². The molecule has 0 saturated carbocycles. The van der Waals surface area contributed by atoms with Crippen LogP contribution in [0.3, 0.4) is 0 Å². The van der Waals surface area contributed by atoms with Gasteiger partial charge in [0.1, 0.15) is 5.82 Å². The highest BCUT2D eigenvalue weighted by Crippen LogP contribution is 2.21. The Morgan fingerprint density at radius 3 is 2.75 bits per heavy atom. The van der Waals surface area contributed by atoms with Crippen molar-refractivity contribution in [2.75, 3.05) is 18.0 Å². The molecule has 1 fully saturated rings. The highest BCUT2D eigenvalue weighted by Gasteiger charge is 2.23. The molecule has 0 unspecified atom stereocenters. The summed E-state index contributed by atoms with van der Waals surface area (Å²) in [5.74, 6) is 0.594. The average molecular weight is 241 g/mol. The molecule has 2 heterocycles. The van der Waals surface area contributed by atoms with Crippen LogP contribution in [0.2, 0.25) is 5.28 Å². The Labute approximate surface area is 98.6 Å². The summed E-state index contributed by atoms with van der Waals surface area (Å²) < 4.78 is 0. The number of halogens is 1. The van der Waals surface area contributed by atoms with E-state index in [1.165, 1.54) is 0 Å². The SMILES string of the molecule is NC(=O)C1CCN(c2ccnc(Cl)n2)CC1. The zero-order valence-electron chi connectivity index (χ0n) is 8.77. The average Bonchev–Trinajstić information content (AvgIpc) is 2.29. The Hall–Kier alpha value is -1.36. The highest BCUT2D eigenvalue weighted by molar-refractivity contribution is 6.28. The molecular formula is C10H13ClN4O. The molecule has 6 heteroatoms. The van der Waals surface area contributed by atoms with Crippen LogP contribution in [0, 0.1) is 5.92 Å². The van der Waals surface area contributed by atoms with E-state index in [0.29, 0.717) is 0 Å². The molecule has 0 aromatic carbocycles. The van der Waals surface area contributed by atoms with Crippen LogP contribution in [0.25, 0.3) is 0 Å². The summed E-state index contributed by atoms with van der Waals surface area (Å²) in [4.78, 5) is 21.1. The first-order chi connectivity index (χ1) is 7.66. The summed E-state index contributed by atoms with van der Waals surface area (Å²) >= 11 is 5.72. The molecule has 2 N–H and O–H groups in total. The number of carbonyl (C=O) groups excluding carboxylic acids is 1. The van der Waals surface area contributed by atoms with Gasteiger partial charge in [0.15, 0.2) is 0 Å². The summed E-state index contributed by atoms with van der Waals surface area (Å²) in [6.07, 6.45) is 3.18. The lowest BCUT2D eigenvalue weighted by molar-refractivity contribution is -0.122. The molecule has 0 spiro atoms. The van der Waals surface area contributed by atoms with Gasteiger partial charge in [0.05, 0.1) is 0 Å². The number of hydrogen-bond donors (Lipinski definition) is 1. The fourth-order valence-electron chi connectivity index (χ4n) is 1.90. The number of rotatable bonds is 2. The van der Waals surface area contributed by atoms with Gasteiger partial charge in [0.2, 0.25) is 11.2 Å². The summed E-state index contributed by atoms with van der Waals surface area (Å²) in [6, 6.07) is 1.82. The molecule has 0 aliphatic carbocycles. The topological polar surface area (TPSA) is 72.1 Å². The van der Waals surface area contributed by atoms with Crippen LogP contribution in [0.4, 0.5) is 5.82 Å². The van der Waals surface area contributed by atoms with Crippen molar-refractivity contribution in [2.24, 2.45) is 11.7 Å². The standard InChI is InChI=1S/C10H13ClN4O/c11-10-13-4-1-8(14-10)15-5-2-7(3-6-15)9(12)16/h1,4,7H,2-3,5-6H2,(H2,12,16). The van der Waals surface area contributed by atoms with Crippen LogP contribution in [-0.2, 0) is 4.79 Å². The summed E-state index contributed by atoms with van der Waals surface area (Å²) in [5, 5.41) is 0.245. The maximum atomic E-state index is 11.0. The summed E-state index contributed by atoms with van der Waals surface area (Å²) in [5.41, 5.74) is 5.27. The Balaban J connectivity index is 2.01. The van der Waals surface area contributed by atoms with Crippen molar-refractivity contribution in [1.29, 1.82) is 0 Å². The zero-order chi connectivity index (χ0) is 11.5. The summed E-state index contributed by atoms with van der Waals surface area (Å²) in [6.45, 7) is 1.56. The number of anilines is 1. The van der Waals surface area contributed by atoms with E-state index < -0.39 is 0 Å². The molecular weight excluding hydrogens is 228 g/mol. The van der Waals surface area contributed by atoms with Crippen LogP contribution in [-0.4, -0.2) is 29.0 Å². The van der Waals surface area contributed by atoms with Crippen molar-refractivity contribution in [3.05, 3.63) is 17.5 Å². The lowest BCUT2D eigenvalue weighted by Crippen LogP contribution is -2.38. The number of aromatic nitrogens is 2. The van der Waals surface area contributed by atoms with Gasteiger partial charge in [0.25, 0.3) is 0 Å². The number of nitrogens with two attached hydrogens (primary N) is 1. The van der Waals surface area contributed by atoms with Gasteiger partial charge >= 0.3 is 0 Å². The smallest absolute Gasteiger partial charge is 0.224 e. The van der Waals surface area contributed by atoms with Crippen LogP contribution in [0.1, 0.15) is 12.8 Å². The van der Waals surface area contributed by atoms with Gasteiger partial charge in [-0.05, 0) is 30.5 Å². The minimum Gasteiger partial charge on any atom is -0.369 e. The Morgan fingerprint density at radius 1 is 1.50 bits per heavy atom. The van der Waals surface area contributed by atoms with Gasteiger partial charge in [-0.25, -0.2) is 9.97 Å². The Kier molecular flexibility index (Phi) is 3.24. The predicted octanol–water partition coefficient (Wildman–Crippen LogP) is 0.832. The Morgan fingerprint density at radius 2 is 2.19 bits per heavy atom. The van der Waals surface area contributed by atoms with E-state index in [1.807, 2.05) is 6.07 Å². The van der Waals surface area contributed by atoms with Crippen molar-refractivity contribution in [2.45, 2.75) is 12.8 Å². The number of amides is 1. The number of piperidine rings is 1. The number of carbonyl (C=O) groups is 1. The number of primary amides is 1. The highest BCUT2D eigenvalue weighted by atomic mass is 35.5. The first-order valence-electron chi connectivity index (χ1n) is 5.19. The molecule has 1 aliphatic rings. The molecule has 2 rings (SSSR count). The monoisotopic (exact) mass is 240 g/mol.